The first-order valence-corrected chi connectivity index (χ1v) is 10.5. The van der Waals surface area contributed by atoms with Crippen molar-refractivity contribution in [3.63, 3.8) is 0 Å². The van der Waals surface area contributed by atoms with Crippen LogP contribution in [0.4, 0.5) is 5.69 Å². The summed E-state index contributed by atoms with van der Waals surface area (Å²) in [5.41, 5.74) is 3.27. The van der Waals surface area contributed by atoms with Crippen molar-refractivity contribution in [1.29, 1.82) is 0 Å². The van der Waals surface area contributed by atoms with E-state index in [4.69, 9.17) is 4.74 Å². The fourth-order valence-electron chi connectivity index (χ4n) is 4.72. The zero-order chi connectivity index (χ0) is 20.4. The first-order chi connectivity index (χ1) is 14.0. The number of likely N-dealkylation sites (tertiary alicyclic amines) is 1. The smallest absolute Gasteiger partial charge is 0.308 e. The highest BCUT2D eigenvalue weighted by molar-refractivity contribution is 6.05. The van der Waals surface area contributed by atoms with Crippen LogP contribution in [0.5, 0.6) is 0 Å². The van der Waals surface area contributed by atoms with E-state index in [1.54, 1.807) is 0 Å². The first kappa shape index (κ1) is 19.6. The lowest BCUT2D eigenvalue weighted by Crippen LogP contribution is -2.33. The molecule has 1 aromatic carbocycles. The first-order valence-electron chi connectivity index (χ1n) is 10.5. The number of ether oxygens (including phenoxy) is 1. The van der Waals surface area contributed by atoms with Crippen LogP contribution >= 0.6 is 0 Å². The minimum atomic E-state index is -0.593. The summed E-state index contributed by atoms with van der Waals surface area (Å²) in [5, 5.41) is 2.74. The second-order valence-electron chi connectivity index (χ2n) is 8.12. The Hall–Kier alpha value is -2.70. The molecule has 1 aliphatic heterocycles. The fourth-order valence-corrected chi connectivity index (χ4v) is 4.72. The van der Waals surface area contributed by atoms with Gasteiger partial charge in [-0.3, -0.25) is 24.1 Å². The Balaban J connectivity index is 1.21. The number of carbonyl (C=O) groups excluding carboxylic acids is 4. The fraction of sp³-hybridized carbons (Fsp3) is 0.545. The Morgan fingerprint density at radius 2 is 1.69 bits per heavy atom. The standard InChI is InChI=1S/C22H26N2O5/c25-19(23-16-9-8-14-4-3-5-15(14)12-16)13-29-20(26)10-11-24-21(27)17-6-1-2-7-18(17)22(24)28/h8-9,12,17-18H,1-7,10-11,13H2,(H,23,25). The third-order valence-corrected chi connectivity index (χ3v) is 6.22. The molecule has 1 saturated carbocycles. The van der Waals surface area contributed by atoms with Gasteiger partial charge >= 0.3 is 5.97 Å². The number of imide groups is 1. The zero-order valence-electron chi connectivity index (χ0n) is 16.4. The minimum Gasteiger partial charge on any atom is -0.456 e. The quantitative estimate of drug-likeness (QED) is 0.586. The van der Waals surface area contributed by atoms with Crippen molar-refractivity contribution in [3.05, 3.63) is 29.3 Å². The van der Waals surface area contributed by atoms with Crippen LogP contribution in [0, 0.1) is 11.8 Å². The number of rotatable bonds is 6. The molecule has 2 aliphatic carbocycles. The van der Waals surface area contributed by atoms with Crippen LogP contribution < -0.4 is 5.32 Å². The van der Waals surface area contributed by atoms with E-state index in [2.05, 4.69) is 5.32 Å². The van der Waals surface area contributed by atoms with Gasteiger partial charge in [0.1, 0.15) is 0 Å². The average Bonchev–Trinajstić information content (AvgIpc) is 3.28. The number of hydrogen-bond donors (Lipinski definition) is 1. The molecular formula is C22H26N2O5. The molecule has 1 aromatic rings. The number of esters is 1. The van der Waals surface area contributed by atoms with E-state index in [9.17, 15) is 19.2 Å². The summed E-state index contributed by atoms with van der Waals surface area (Å²) in [6.07, 6.45) is 6.56. The molecule has 0 spiro atoms. The Labute approximate surface area is 169 Å². The maximum absolute atomic E-state index is 12.4. The lowest BCUT2D eigenvalue weighted by atomic mass is 9.81. The van der Waals surface area contributed by atoms with Gasteiger partial charge in [0.15, 0.2) is 6.61 Å². The molecule has 1 saturated heterocycles. The molecule has 2 atom stereocenters. The zero-order valence-corrected chi connectivity index (χ0v) is 16.4. The third kappa shape index (κ3) is 4.18. The van der Waals surface area contributed by atoms with Crippen LogP contribution in [0.15, 0.2) is 18.2 Å². The number of nitrogens with one attached hydrogen (secondary N) is 1. The number of carbonyl (C=O) groups is 4. The average molecular weight is 398 g/mol. The highest BCUT2D eigenvalue weighted by Gasteiger charge is 2.47. The summed E-state index contributed by atoms with van der Waals surface area (Å²) in [6.45, 7) is -0.362. The number of aryl methyl sites for hydroxylation is 2. The van der Waals surface area contributed by atoms with Crippen LogP contribution in [0.2, 0.25) is 0 Å². The summed E-state index contributed by atoms with van der Waals surface area (Å²) in [6, 6.07) is 5.84. The van der Waals surface area contributed by atoms with E-state index in [0.29, 0.717) is 5.69 Å². The van der Waals surface area contributed by atoms with E-state index in [1.807, 2.05) is 18.2 Å². The molecule has 154 valence electrons. The molecule has 3 aliphatic rings. The maximum Gasteiger partial charge on any atom is 0.308 e. The Bertz CT molecular complexity index is 826. The highest BCUT2D eigenvalue weighted by atomic mass is 16.5. The normalized spacial score (nSPS) is 23.0. The molecule has 2 fully saturated rings. The van der Waals surface area contributed by atoms with Gasteiger partial charge in [-0.2, -0.15) is 0 Å². The summed E-state index contributed by atoms with van der Waals surface area (Å²) in [4.78, 5) is 50.0. The van der Waals surface area contributed by atoms with E-state index < -0.39 is 11.9 Å². The van der Waals surface area contributed by atoms with Crippen LogP contribution in [0.1, 0.15) is 49.7 Å². The molecule has 0 radical (unpaired) electrons. The summed E-state index contributed by atoms with van der Waals surface area (Å²) in [7, 11) is 0. The van der Waals surface area contributed by atoms with Gasteiger partial charge in [0.05, 0.1) is 18.3 Å². The summed E-state index contributed by atoms with van der Waals surface area (Å²) in [5.74, 6) is -1.76. The Kier molecular flexibility index (Phi) is 5.65. The molecular weight excluding hydrogens is 372 g/mol. The van der Waals surface area contributed by atoms with Gasteiger partial charge in [0.25, 0.3) is 5.91 Å². The Morgan fingerprint density at radius 3 is 2.41 bits per heavy atom. The van der Waals surface area contributed by atoms with Crippen molar-refractivity contribution in [2.24, 2.45) is 11.8 Å². The number of benzene rings is 1. The SMILES string of the molecule is O=C(COC(=O)CCN1C(=O)C2CCCCC2C1=O)Nc1ccc2c(c1)CCC2. The van der Waals surface area contributed by atoms with Crippen molar-refractivity contribution >= 4 is 29.4 Å². The lowest BCUT2D eigenvalue weighted by Gasteiger charge is -2.19. The Morgan fingerprint density at radius 1 is 1.00 bits per heavy atom. The van der Waals surface area contributed by atoms with Crippen molar-refractivity contribution in [3.8, 4) is 0 Å². The number of anilines is 1. The molecule has 1 N–H and O–H groups in total. The molecule has 0 aromatic heterocycles. The van der Waals surface area contributed by atoms with E-state index in [1.165, 1.54) is 16.0 Å². The van der Waals surface area contributed by atoms with Gasteiger partial charge in [-0.05, 0) is 55.4 Å². The van der Waals surface area contributed by atoms with Crippen molar-refractivity contribution in [1.82, 2.24) is 4.90 Å². The predicted molar refractivity (Wildman–Crippen MR) is 105 cm³/mol. The molecule has 4 rings (SSSR count). The van der Waals surface area contributed by atoms with Crippen molar-refractivity contribution < 1.29 is 23.9 Å². The largest absolute Gasteiger partial charge is 0.456 e. The maximum atomic E-state index is 12.4. The van der Waals surface area contributed by atoms with Gasteiger partial charge in [-0.1, -0.05) is 18.9 Å². The summed E-state index contributed by atoms with van der Waals surface area (Å²) < 4.78 is 5.02. The molecule has 0 bridgehead atoms. The van der Waals surface area contributed by atoms with Gasteiger partial charge in [-0.25, -0.2) is 0 Å². The molecule has 2 unspecified atom stereocenters. The molecule has 7 nitrogen and oxygen atoms in total. The minimum absolute atomic E-state index is 0.0238. The van der Waals surface area contributed by atoms with E-state index in [0.717, 1.165) is 44.9 Å². The van der Waals surface area contributed by atoms with Gasteiger partial charge < -0.3 is 10.1 Å². The lowest BCUT2D eigenvalue weighted by molar-refractivity contribution is -0.148. The predicted octanol–water partition coefficient (Wildman–Crippen LogP) is 2.22. The third-order valence-electron chi connectivity index (χ3n) is 6.22. The molecule has 3 amide bonds. The highest BCUT2D eigenvalue weighted by Crippen LogP contribution is 2.38. The number of hydrogen-bond acceptors (Lipinski definition) is 5. The monoisotopic (exact) mass is 398 g/mol. The van der Waals surface area contributed by atoms with Crippen molar-refractivity contribution in [2.45, 2.75) is 51.4 Å². The molecule has 1 heterocycles. The topological polar surface area (TPSA) is 92.8 Å². The number of nitrogens with zero attached hydrogens (tertiary/aromatic N) is 1. The second kappa shape index (κ2) is 8.35. The van der Waals surface area contributed by atoms with Gasteiger partial charge in [0, 0.05) is 12.2 Å². The number of fused-ring (bicyclic) bond motifs is 2. The van der Waals surface area contributed by atoms with E-state index >= 15 is 0 Å². The van der Waals surface area contributed by atoms with Crippen molar-refractivity contribution in [2.75, 3.05) is 18.5 Å². The van der Waals surface area contributed by atoms with Crippen LogP contribution in [0.3, 0.4) is 0 Å². The van der Waals surface area contributed by atoms with Gasteiger partial charge in [-0.15, -0.1) is 0 Å². The molecule has 7 heteroatoms. The number of amides is 3. The molecule has 29 heavy (non-hydrogen) atoms. The van der Waals surface area contributed by atoms with Gasteiger partial charge in [0.2, 0.25) is 11.8 Å². The van der Waals surface area contributed by atoms with Crippen LogP contribution in [-0.4, -0.2) is 41.7 Å². The van der Waals surface area contributed by atoms with Crippen LogP contribution in [0.25, 0.3) is 0 Å². The second-order valence-corrected chi connectivity index (χ2v) is 8.12. The van der Waals surface area contributed by atoms with Crippen LogP contribution in [-0.2, 0) is 36.8 Å². The summed E-state index contributed by atoms with van der Waals surface area (Å²) >= 11 is 0. The van der Waals surface area contributed by atoms with E-state index in [-0.39, 0.29) is 43.2 Å².